The van der Waals surface area contributed by atoms with Crippen molar-refractivity contribution in [2.24, 2.45) is 0 Å². The number of aromatic amines is 1. The number of carbonyl (C=O) groups excluding carboxylic acids is 2. The number of anilines is 1. The van der Waals surface area contributed by atoms with E-state index < -0.39 is 5.97 Å². The molecule has 5 aromatic rings. The van der Waals surface area contributed by atoms with Gasteiger partial charge in [-0.2, -0.15) is 0 Å². The number of ether oxygens (including phenoxy) is 1. The Kier molecular flexibility index (Phi) is 6.87. The van der Waals surface area contributed by atoms with Crippen LogP contribution in [0.5, 0.6) is 0 Å². The van der Waals surface area contributed by atoms with Gasteiger partial charge in [-0.05, 0) is 80.0 Å². The number of fused-ring (bicyclic) bond motifs is 3. The van der Waals surface area contributed by atoms with E-state index in [-0.39, 0.29) is 18.1 Å². The highest BCUT2D eigenvalue weighted by molar-refractivity contribution is 7.17. The highest BCUT2D eigenvalue weighted by Crippen LogP contribution is 2.39. The molecule has 2 aromatic carbocycles. The molecule has 0 radical (unpaired) electrons. The molecule has 0 bridgehead atoms. The lowest BCUT2D eigenvalue weighted by Crippen LogP contribution is -2.15. The Morgan fingerprint density at radius 3 is 2.82 bits per heavy atom. The Labute approximate surface area is 229 Å². The fraction of sp³-hybridized carbons (Fsp3) is 0.258. The largest absolute Gasteiger partial charge is 0.465 e. The predicted molar refractivity (Wildman–Crippen MR) is 153 cm³/mol. The fourth-order valence-electron chi connectivity index (χ4n) is 5.49. The molecule has 0 atom stereocenters. The van der Waals surface area contributed by atoms with Crippen LogP contribution in [-0.4, -0.2) is 29.0 Å². The van der Waals surface area contributed by atoms with Gasteiger partial charge in [0.25, 0.3) is 0 Å². The van der Waals surface area contributed by atoms with Gasteiger partial charge in [0.2, 0.25) is 5.91 Å². The van der Waals surface area contributed by atoms with Crippen LogP contribution in [0.2, 0.25) is 0 Å². The van der Waals surface area contributed by atoms with Crippen molar-refractivity contribution in [3.63, 3.8) is 0 Å². The minimum Gasteiger partial charge on any atom is -0.465 e. The second kappa shape index (κ2) is 10.6. The summed E-state index contributed by atoms with van der Waals surface area (Å²) >= 11 is 1.48. The van der Waals surface area contributed by atoms with Crippen molar-refractivity contribution in [3.8, 4) is 11.4 Å². The van der Waals surface area contributed by atoms with Crippen molar-refractivity contribution in [1.29, 1.82) is 0 Å². The van der Waals surface area contributed by atoms with Gasteiger partial charge in [-0.25, -0.2) is 14.2 Å². The zero-order valence-corrected chi connectivity index (χ0v) is 22.4. The summed E-state index contributed by atoms with van der Waals surface area (Å²) in [6.45, 7) is 0. The maximum absolute atomic E-state index is 14.2. The van der Waals surface area contributed by atoms with E-state index in [1.54, 1.807) is 6.07 Å². The summed E-state index contributed by atoms with van der Waals surface area (Å²) in [5.41, 5.74) is 5.77. The molecular formula is C31H28FN3O3S. The molecule has 1 amide bonds. The van der Waals surface area contributed by atoms with Crippen LogP contribution >= 0.6 is 11.3 Å². The molecule has 0 unspecified atom stereocenters. The van der Waals surface area contributed by atoms with Crippen molar-refractivity contribution in [2.75, 3.05) is 12.4 Å². The van der Waals surface area contributed by atoms with Crippen LogP contribution in [0.1, 0.15) is 52.0 Å². The molecule has 0 spiro atoms. The molecule has 8 heteroatoms. The maximum Gasteiger partial charge on any atom is 0.341 e. The molecule has 6 nitrogen and oxygen atoms in total. The Morgan fingerprint density at radius 1 is 1.10 bits per heavy atom. The number of H-pyrrole nitrogens is 1. The number of halogens is 1. The Bertz CT molecular complexity index is 1720. The lowest BCUT2D eigenvalue weighted by Gasteiger charge is -2.11. The standard InChI is InChI=1S/C31H28FN3O3S/c1-38-31(37)28-21-8-3-5-11-26(21)39-30(28)35-27(36)12-6-9-20-22-17-19(32)14-16-24(22)34-29(20)25-15-13-18-7-2-4-10-23(18)33-25/h2,4,7,10,13-17,34H,3,5-6,8-9,11-12H2,1H3,(H,35,36). The smallest absolute Gasteiger partial charge is 0.341 e. The number of hydrogen-bond acceptors (Lipinski definition) is 5. The van der Waals surface area contributed by atoms with Gasteiger partial charge >= 0.3 is 5.97 Å². The lowest BCUT2D eigenvalue weighted by atomic mass is 9.95. The van der Waals surface area contributed by atoms with Crippen LogP contribution in [0.15, 0.2) is 54.6 Å². The number of carbonyl (C=O) groups is 2. The first-order chi connectivity index (χ1) is 19.0. The number of methoxy groups -OCH3 is 1. The lowest BCUT2D eigenvalue weighted by molar-refractivity contribution is -0.116. The summed E-state index contributed by atoms with van der Waals surface area (Å²) in [7, 11) is 1.37. The number of para-hydroxylation sites is 1. The molecule has 0 aliphatic heterocycles. The van der Waals surface area contributed by atoms with Gasteiger partial charge in [-0.1, -0.05) is 24.3 Å². The molecule has 3 aromatic heterocycles. The topological polar surface area (TPSA) is 84.1 Å². The van der Waals surface area contributed by atoms with E-state index in [0.29, 0.717) is 23.4 Å². The molecule has 2 N–H and O–H groups in total. The van der Waals surface area contributed by atoms with E-state index in [0.717, 1.165) is 74.9 Å². The number of aryl methyl sites for hydroxylation is 2. The van der Waals surface area contributed by atoms with E-state index in [2.05, 4.69) is 10.3 Å². The Morgan fingerprint density at radius 2 is 1.95 bits per heavy atom. The third-order valence-corrected chi connectivity index (χ3v) is 8.57. The Balaban J connectivity index is 1.24. The number of benzene rings is 2. The van der Waals surface area contributed by atoms with Gasteiger partial charge in [0, 0.05) is 27.6 Å². The Hall–Kier alpha value is -4.04. The van der Waals surface area contributed by atoms with E-state index in [4.69, 9.17) is 9.72 Å². The third kappa shape index (κ3) is 4.92. The monoisotopic (exact) mass is 541 g/mol. The number of aromatic nitrogens is 2. The highest BCUT2D eigenvalue weighted by Gasteiger charge is 2.27. The van der Waals surface area contributed by atoms with Gasteiger partial charge in [-0.15, -0.1) is 11.3 Å². The first kappa shape index (κ1) is 25.2. The van der Waals surface area contributed by atoms with Crippen molar-refractivity contribution in [1.82, 2.24) is 9.97 Å². The van der Waals surface area contributed by atoms with Gasteiger partial charge in [0.15, 0.2) is 0 Å². The van der Waals surface area contributed by atoms with Crippen molar-refractivity contribution < 1.29 is 18.7 Å². The fourth-order valence-corrected chi connectivity index (χ4v) is 6.78. The second-order valence-electron chi connectivity index (χ2n) is 9.87. The molecule has 39 heavy (non-hydrogen) atoms. The van der Waals surface area contributed by atoms with Gasteiger partial charge < -0.3 is 15.0 Å². The SMILES string of the molecule is COC(=O)c1c(NC(=O)CCCc2c(-c3ccc4ccccc4n3)[nH]c3ccc(F)cc23)sc2c1CCCC2. The molecule has 198 valence electrons. The number of hydrogen-bond donors (Lipinski definition) is 2. The quantitative estimate of drug-likeness (QED) is 0.213. The van der Waals surface area contributed by atoms with E-state index in [9.17, 15) is 14.0 Å². The minimum absolute atomic E-state index is 0.157. The summed E-state index contributed by atoms with van der Waals surface area (Å²) in [6, 6.07) is 16.6. The van der Waals surface area contributed by atoms with Crippen LogP contribution in [0.3, 0.4) is 0 Å². The van der Waals surface area contributed by atoms with Crippen LogP contribution < -0.4 is 5.32 Å². The number of esters is 1. The summed E-state index contributed by atoms with van der Waals surface area (Å²) in [6.07, 6.45) is 5.23. The molecule has 0 saturated heterocycles. The summed E-state index contributed by atoms with van der Waals surface area (Å²) < 4.78 is 19.3. The highest BCUT2D eigenvalue weighted by atomic mass is 32.1. The number of amides is 1. The van der Waals surface area contributed by atoms with Crippen molar-refractivity contribution >= 4 is 50.0 Å². The summed E-state index contributed by atoms with van der Waals surface area (Å²) in [5.74, 6) is -0.872. The minimum atomic E-state index is -0.405. The molecule has 1 aliphatic carbocycles. The first-order valence-corrected chi connectivity index (χ1v) is 14.0. The predicted octanol–water partition coefficient (Wildman–Crippen LogP) is 7.21. The van der Waals surface area contributed by atoms with Gasteiger partial charge in [0.1, 0.15) is 10.8 Å². The van der Waals surface area contributed by atoms with E-state index in [1.165, 1.54) is 30.6 Å². The number of nitrogens with one attached hydrogen (secondary N) is 2. The molecule has 0 saturated carbocycles. The van der Waals surface area contributed by atoms with Gasteiger partial charge in [-0.3, -0.25) is 4.79 Å². The van der Waals surface area contributed by atoms with Crippen LogP contribution in [-0.2, 0) is 28.8 Å². The zero-order chi connectivity index (χ0) is 26.9. The molecule has 6 rings (SSSR count). The summed E-state index contributed by atoms with van der Waals surface area (Å²) in [4.78, 5) is 34.9. The first-order valence-electron chi connectivity index (χ1n) is 13.2. The molecule has 1 aliphatic rings. The average molecular weight is 542 g/mol. The van der Waals surface area contributed by atoms with E-state index >= 15 is 0 Å². The third-order valence-electron chi connectivity index (χ3n) is 7.37. The molecular weight excluding hydrogens is 513 g/mol. The van der Waals surface area contributed by atoms with Crippen LogP contribution in [0.4, 0.5) is 9.39 Å². The normalized spacial score (nSPS) is 13.0. The van der Waals surface area contributed by atoms with Crippen LogP contribution in [0, 0.1) is 5.82 Å². The van der Waals surface area contributed by atoms with E-state index in [1.807, 2.05) is 36.4 Å². The number of pyridine rings is 1. The number of thiophene rings is 1. The maximum atomic E-state index is 14.2. The van der Waals surface area contributed by atoms with Crippen molar-refractivity contribution in [2.45, 2.75) is 44.9 Å². The zero-order valence-electron chi connectivity index (χ0n) is 21.6. The van der Waals surface area contributed by atoms with Gasteiger partial charge in [0.05, 0.1) is 29.6 Å². The average Bonchev–Trinajstić information content (AvgIpc) is 3.50. The number of nitrogens with zero attached hydrogens (tertiary/aromatic N) is 1. The summed E-state index contributed by atoms with van der Waals surface area (Å²) in [5, 5.41) is 5.39. The van der Waals surface area contributed by atoms with Crippen LogP contribution in [0.25, 0.3) is 33.2 Å². The van der Waals surface area contributed by atoms with Crippen molar-refractivity contribution in [3.05, 3.63) is 82.0 Å². The second-order valence-corrected chi connectivity index (χ2v) is 11.0. The number of rotatable bonds is 7. The molecule has 3 heterocycles. The molecule has 0 fully saturated rings.